The minimum absolute atomic E-state index is 0.0268. The molecule has 0 atom stereocenters. The van der Waals surface area contributed by atoms with Crippen LogP contribution in [0.25, 0.3) is 0 Å². The minimum atomic E-state index is -0.442. The van der Waals surface area contributed by atoms with Crippen LogP contribution >= 0.6 is 11.3 Å². The maximum atomic E-state index is 10.7. The van der Waals surface area contributed by atoms with Crippen molar-refractivity contribution in [2.45, 2.75) is 13.2 Å². The van der Waals surface area contributed by atoms with Crippen molar-refractivity contribution >= 4 is 17.0 Å². The fraction of sp³-hybridized carbons (Fsp3) is 0.167. The molecule has 0 spiro atoms. The molecule has 0 aliphatic rings. The van der Waals surface area contributed by atoms with Crippen LogP contribution in [-0.4, -0.2) is 4.92 Å². The van der Waals surface area contributed by atoms with Crippen molar-refractivity contribution in [3.63, 3.8) is 0 Å². The van der Waals surface area contributed by atoms with Crippen molar-refractivity contribution in [1.29, 1.82) is 0 Å². The van der Waals surface area contributed by atoms with E-state index in [1.54, 1.807) is 17.4 Å². The Morgan fingerprint density at radius 2 is 2.22 bits per heavy atom. The first-order valence-electron chi connectivity index (χ1n) is 5.33. The van der Waals surface area contributed by atoms with E-state index in [4.69, 9.17) is 10.5 Å². The summed E-state index contributed by atoms with van der Waals surface area (Å²) in [5.41, 5.74) is 6.24. The van der Waals surface area contributed by atoms with E-state index in [0.717, 1.165) is 4.88 Å². The van der Waals surface area contributed by atoms with Crippen molar-refractivity contribution in [3.8, 4) is 5.75 Å². The van der Waals surface area contributed by atoms with Gasteiger partial charge in [0.1, 0.15) is 12.4 Å². The molecule has 1 aromatic carbocycles. The second-order valence-corrected chi connectivity index (χ2v) is 4.65. The molecule has 0 fully saturated rings. The highest BCUT2D eigenvalue weighted by Gasteiger charge is 2.10. The van der Waals surface area contributed by atoms with Crippen LogP contribution in [0.3, 0.4) is 0 Å². The smallest absolute Gasteiger partial charge is 0.270 e. The topological polar surface area (TPSA) is 78.4 Å². The molecule has 0 saturated carbocycles. The molecule has 6 heteroatoms. The molecule has 0 bridgehead atoms. The average molecular weight is 264 g/mol. The van der Waals surface area contributed by atoms with Gasteiger partial charge in [-0.2, -0.15) is 0 Å². The number of nitro benzene ring substituents is 1. The van der Waals surface area contributed by atoms with E-state index in [2.05, 4.69) is 0 Å². The number of benzene rings is 1. The maximum Gasteiger partial charge on any atom is 0.270 e. The molecule has 94 valence electrons. The van der Waals surface area contributed by atoms with Crippen LogP contribution in [0.1, 0.15) is 10.4 Å². The van der Waals surface area contributed by atoms with Crippen LogP contribution in [0.15, 0.2) is 35.7 Å². The number of ether oxygens (including phenoxy) is 1. The highest BCUT2D eigenvalue weighted by Crippen LogP contribution is 2.25. The third kappa shape index (κ3) is 2.85. The number of nitrogens with zero attached hydrogens (tertiary/aromatic N) is 1. The summed E-state index contributed by atoms with van der Waals surface area (Å²) in [5, 5.41) is 12.6. The number of nitrogens with two attached hydrogens (primary N) is 1. The van der Waals surface area contributed by atoms with E-state index in [1.165, 1.54) is 12.1 Å². The number of hydrogen-bond acceptors (Lipinski definition) is 5. The van der Waals surface area contributed by atoms with Crippen molar-refractivity contribution in [3.05, 3.63) is 56.3 Å². The lowest BCUT2D eigenvalue weighted by atomic mass is 10.2. The molecule has 18 heavy (non-hydrogen) atoms. The summed E-state index contributed by atoms with van der Waals surface area (Å²) in [7, 11) is 0. The molecule has 0 radical (unpaired) electrons. The van der Waals surface area contributed by atoms with Gasteiger partial charge in [-0.15, -0.1) is 11.3 Å². The maximum absolute atomic E-state index is 10.7. The molecule has 1 heterocycles. The monoisotopic (exact) mass is 264 g/mol. The molecule has 2 aromatic rings. The standard InChI is InChI=1S/C12H12N2O3S/c13-7-9-6-10(14(15)16)3-4-12(9)17-8-11-2-1-5-18-11/h1-6H,7-8,13H2. The van der Waals surface area contributed by atoms with Gasteiger partial charge in [0, 0.05) is 29.1 Å². The SMILES string of the molecule is NCc1cc([N+](=O)[O-])ccc1OCc1cccs1. The van der Waals surface area contributed by atoms with Gasteiger partial charge < -0.3 is 10.5 Å². The second kappa shape index (κ2) is 5.61. The number of rotatable bonds is 5. The normalized spacial score (nSPS) is 10.3. The highest BCUT2D eigenvalue weighted by atomic mass is 32.1. The summed E-state index contributed by atoms with van der Waals surface area (Å²) in [6.45, 7) is 0.657. The Bertz CT molecular complexity index is 540. The summed E-state index contributed by atoms with van der Waals surface area (Å²) < 4.78 is 5.61. The summed E-state index contributed by atoms with van der Waals surface area (Å²) in [4.78, 5) is 11.3. The first kappa shape index (κ1) is 12.5. The Hall–Kier alpha value is -1.92. The van der Waals surface area contributed by atoms with E-state index in [9.17, 15) is 10.1 Å². The lowest BCUT2D eigenvalue weighted by Crippen LogP contribution is -2.03. The minimum Gasteiger partial charge on any atom is -0.488 e. The quantitative estimate of drug-likeness (QED) is 0.665. The first-order valence-corrected chi connectivity index (χ1v) is 6.21. The molecular formula is C12H12N2O3S. The molecule has 0 aliphatic heterocycles. The molecule has 5 nitrogen and oxygen atoms in total. The van der Waals surface area contributed by atoms with Crippen LogP contribution in [0.4, 0.5) is 5.69 Å². The number of nitro groups is 1. The number of hydrogen-bond donors (Lipinski definition) is 1. The lowest BCUT2D eigenvalue weighted by molar-refractivity contribution is -0.384. The molecule has 0 unspecified atom stereocenters. The third-order valence-electron chi connectivity index (χ3n) is 2.42. The van der Waals surface area contributed by atoms with Gasteiger partial charge in [0.25, 0.3) is 5.69 Å². The summed E-state index contributed by atoms with van der Waals surface area (Å²) >= 11 is 1.60. The molecule has 0 aliphatic carbocycles. The fourth-order valence-electron chi connectivity index (χ4n) is 1.52. The van der Waals surface area contributed by atoms with Gasteiger partial charge in [-0.1, -0.05) is 6.07 Å². The van der Waals surface area contributed by atoms with Crippen molar-refractivity contribution in [2.24, 2.45) is 5.73 Å². The molecule has 0 amide bonds. The summed E-state index contributed by atoms with van der Waals surface area (Å²) in [6, 6.07) is 8.38. The van der Waals surface area contributed by atoms with Crippen molar-refractivity contribution in [2.75, 3.05) is 0 Å². The highest BCUT2D eigenvalue weighted by molar-refractivity contribution is 7.09. The number of non-ortho nitro benzene ring substituents is 1. The van der Waals surface area contributed by atoms with E-state index in [-0.39, 0.29) is 12.2 Å². The van der Waals surface area contributed by atoms with E-state index in [1.807, 2.05) is 17.5 Å². The van der Waals surface area contributed by atoms with Gasteiger partial charge in [0.15, 0.2) is 0 Å². The fourth-order valence-corrected chi connectivity index (χ4v) is 2.14. The molecule has 1 aromatic heterocycles. The van der Waals surface area contributed by atoms with Crippen LogP contribution in [0.5, 0.6) is 5.75 Å². The zero-order valence-electron chi connectivity index (χ0n) is 9.54. The Morgan fingerprint density at radius 3 is 2.83 bits per heavy atom. The van der Waals surface area contributed by atoms with E-state index >= 15 is 0 Å². The molecular weight excluding hydrogens is 252 g/mol. The van der Waals surface area contributed by atoms with Gasteiger partial charge in [0.05, 0.1) is 4.92 Å². The van der Waals surface area contributed by atoms with E-state index in [0.29, 0.717) is 17.9 Å². The average Bonchev–Trinajstić information content (AvgIpc) is 2.89. The first-order chi connectivity index (χ1) is 8.70. The zero-order valence-corrected chi connectivity index (χ0v) is 10.4. The van der Waals surface area contributed by atoms with Crippen LogP contribution in [0, 0.1) is 10.1 Å². The summed E-state index contributed by atoms with van der Waals surface area (Å²) in [5.74, 6) is 0.594. The van der Waals surface area contributed by atoms with Crippen LogP contribution in [0.2, 0.25) is 0 Å². The second-order valence-electron chi connectivity index (χ2n) is 3.62. The van der Waals surface area contributed by atoms with Crippen LogP contribution < -0.4 is 10.5 Å². The Morgan fingerprint density at radius 1 is 1.39 bits per heavy atom. The van der Waals surface area contributed by atoms with E-state index < -0.39 is 4.92 Å². The predicted octanol–water partition coefficient (Wildman–Crippen LogP) is 2.69. The van der Waals surface area contributed by atoms with Gasteiger partial charge in [-0.25, -0.2) is 0 Å². The predicted molar refractivity (Wildman–Crippen MR) is 69.6 cm³/mol. The van der Waals surface area contributed by atoms with Gasteiger partial charge in [0.2, 0.25) is 0 Å². The number of thiophene rings is 1. The van der Waals surface area contributed by atoms with Gasteiger partial charge in [-0.05, 0) is 17.5 Å². The molecule has 2 rings (SSSR count). The summed E-state index contributed by atoms with van der Waals surface area (Å²) in [6.07, 6.45) is 0. The Kier molecular flexibility index (Phi) is 3.91. The lowest BCUT2D eigenvalue weighted by Gasteiger charge is -2.09. The third-order valence-corrected chi connectivity index (χ3v) is 3.27. The Balaban J connectivity index is 2.14. The largest absolute Gasteiger partial charge is 0.488 e. The van der Waals surface area contributed by atoms with Crippen molar-refractivity contribution < 1.29 is 9.66 Å². The molecule has 2 N–H and O–H groups in total. The molecule has 0 saturated heterocycles. The van der Waals surface area contributed by atoms with Crippen LogP contribution in [-0.2, 0) is 13.2 Å². The van der Waals surface area contributed by atoms with Gasteiger partial charge in [-0.3, -0.25) is 10.1 Å². The van der Waals surface area contributed by atoms with Crippen molar-refractivity contribution in [1.82, 2.24) is 0 Å². The Labute approximate surface area is 108 Å². The van der Waals surface area contributed by atoms with Gasteiger partial charge >= 0.3 is 0 Å². The zero-order chi connectivity index (χ0) is 13.0.